The van der Waals surface area contributed by atoms with E-state index in [-0.39, 0.29) is 12.4 Å². The van der Waals surface area contributed by atoms with Crippen LogP contribution in [0, 0.1) is 5.39 Å². The Morgan fingerprint density at radius 3 is 1.94 bits per heavy atom. The molecule has 2 N–H and O–H groups in total. The molecule has 0 fully saturated rings. The second-order valence-electron chi connectivity index (χ2n) is 3.21. The summed E-state index contributed by atoms with van der Waals surface area (Å²) < 4.78 is 4.91. The summed E-state index contributed by atoms with van der Waals surface area (Å²) in [7, 11) is 1.63. The number of hydrogen-bond donors (Lipinski definition) is 1. The standard InChI is InChI=1S/C7H9NO.C6H5N2.ClH/c1-9-7-4-2-6(8)3-5-7;7-8-6-4-2-1-3-5-6;/h2-5H,8H2,1H3;1-5H;1H/q;+1;/p-1. The van der Waals surface area contributed by atoms with Crippen molar-refractivity contribution in [3.63, 3.8) is 0 Å². The Morgan fingerprint density at radius 1 is 1.00 bits per heavy atom. The van der Waals surface area contributed by atoms with Gasteiger partial charge in [-0.05, 0) is 24.3 Å². The molecule has 2 rings (SSSR count). The maximum atomic E-state index is 8.16. The highest BCUT2D eigenvalue weighted by Crippen LogP contribution is 2.11. The third-order valence-corrected chi connectivity index (χ3v) is 1.99. The molecule has 0 aliphatic heterocycles. The van der Waals surface area contributed by atoms with Crippen LogP contribution in [0.2, 0.25) is 0 Å². The number of halogens is 1. The number of anilines is 1. The molecule has 94 valence electrons. The molecule has 4 nitrogen and oxygen atoms in total. The molecule has 0 unspecified atom stereocenters. The summed E-state index contributed by atoms with van der Waals surface area (Å²) in [6.07, 6.45) is 0. The number of nitrogens with two attached hydrogens (primary N) is 1. The molecule has 0 heterocycles. The topological polar surface area (TPSA) is 63.4 Å². The van der Waals surface area contributed by atoms with Crippen LogP contribution in [0.3, 0.4) is 0 Å². The number of benzene rings is 2. The highest BCUT2D eigenvalue weighted by Gasteiger charge is 1.96. The summed E-state index contributed by atoms with van der Waals surface area (Å²) in [5.41, 5.74) is 6.78. The van der Waals surface area contributed by atoms with E-state index < -0.39 is 0 Å². The first-order valence-electron chi connectivity index (χ1n) is 5.06. The van der Waals surface area contributed by atoms with Gasteiger partial charge in [-0.3, -0.25) is 0 Å². The molecule has 0 saturated heterocycles. The zero-order valence-corrected chi connectivity index (χ0v) is 10.7. The van der Waals surface area contributed by atoms with Crippen molar-refractivity contribution in [2.75, 3.05) is 12.8 Å². The van der Waals surface area contributed by atoms with Crippen LogP contribution < -0.4 is 22.9 Å². The van der Waals surface area contributed by atoms with E-state index in [9.17, 15) is 0 Å². The zero-order chi connectivity index (χ0) is 12.5. The van der Waals surface area contributed by atoms with Crippen molar-refractivity contribution in [3.8, 4) is 5.75 Å². The molecule has 0 aliphatic carbocycles. The van der Waals surface area contributed by atoms with Crippen LogP contribution in [0.25, 0.3) is 4.98 Å². The first-order valence-corrected chi connectivity index (χ1v) is 5.06. The Labute approximate surface area is 112 Å². The van der Waals surface area contributed by atoms with E-state index >= 15 is 0 Å². The molecule has 2 aromatic rings. The van der Waals surface area contributed by atoms with Gasteiger partial charge < -0.3 is 22.9 Å². The maximum Gasteiger partial charge on any atom is 0.385 e. The SMILES string of the molecule is COc1ccc(N)cc1.N#[N+]c1ccccc1.[Cl-]. The van der Waals surface area contributed by atoms with Gasteiger partial charge in [-0.25, -0.2) is 0 Å². The van der Waals surface area contributed by atoms with E-state index in [4.69, 9.17) is 15.9 Å². The van der Waals surface area contributed by atoms with Crippen molar-refractivity contribution in [2.24, 2.45) is 0 Å². The van der Waals surface area contributed by atoms with Crippen LogP contribution in [-0.2, 0) is 0 Å². The van der Waals surface area contributed by atoms with Gasteiger partial charge in [0.2, 0.25) is 5.39 Å². The summed E-state index contributed by atoms with van der Waals surface area (Å²) in [5, 5.41) is 8.16. The molecule has 18 heavy (non-hydrogen) atoms. The Morgan fingerprint density at radius 2 is 1.56 bits per heavy atom. The summed E-state index contributed by atoms with van der Waals surface area (Å²) in [5.74, 6) is 0.837. The third-order valence-electron chi connectivity index (χ3n) is 1.99. The number of diazo groups is 1. The Balaban J connectivity index is 0.000000306. The Bertz CT molecular complexity index is 480. The molecular weight excluding hydrogens is 250 g/mol. The first-order chi connectivity index (χ1) is 8.26. The summed E-state index contributed by atoms with van der Waals surface area (Å²) in [6.45, 7) is 0. The average molecular weight is 264 g/mol. The lowest BCUT2D eigenvalue weighted by atomic mass is 10.3. The summed E-state index contributed by atoms with van der Waals surface area (Å²) >= 11 is 0. The second kappa shape index (κ2) is 8.85. The first kappa shape index (κ1) is 15.8. The van der Waals surface area contributed by atoms with Crippen LogP contribution in [-0.4, -0.2) is 7.11 Å². The van der Waals surface area contributed by atoms with E-state index in [1.165, 1.54) is 0 Å². The van der Waals surface area contributed by atoms with Crippen molar-refractivity contribution in [2.45, 2.75) is 0 Å². The minimum absolute atomic E-state index is 0. The molecule has 2 aromatic carbocycles. The van der Waals surface area contributed by atoms with Crippen molar-refractivity contribution in [1.29, 1.82) is 5.39 Å². The second-order valence-corrected chi connectivity index (χ2v) is 3.21. The van der Waals surface area contributed by atoms with E-state index in [1.807, 2.05) is 30.3 Å². The molecule has 0 bridgehead atoms. The van der Waals surface area contributed by atoms with Gasteiger partial charge in [0, 0.05) is 17.8 Å². The smallest absolute Gasteiger partial charge is 0.385 e. The summed E-state index contributed by atoms with van der Waals surface area (Å²) in [4.78, 5) is 2.97. The quantitative estimate of drug-likeness (QED) is 0.600. The molecule has 0 aliphatic rings. The van der Waals surface area contributed by atoms with Crippen LogP contribution in [0.4, 0.5) is 11.4 Å². The predicted molar refractivity (Wildman–Crippen MR) is 68.6 cm³/mol. The number of hydrogen-bond acceptors (Lipinski definition) is 3. The number of nitrogens with zero attached hydrogens (tertiary/aromatic N) is 2. The van der Waals surface area contributed by atoms with Crippen molar-refractivity contribution in [1.82, 2.24) is 0 Å². The third kappa shape index (κ3) is 5.73. The zero-order valence-electron chi connectivity index (χ0n) is 9.95. The molecule has 0 aromatic heterocycles. The van der Waals surface area contributed by atoms with Gasteiger partial charge in [0.05, 0.1) is 7.11 Å². The van der Waals surface area contributed by atoms with Gasteiger partial charge in [-0.1, -0.05) is 18.2 Å². The Kier molecular flexibility index (Phi) is 7.74. The van der Waals surface area contributed by atoms with Gasteiger partial charge in [0.15, 0.2) is 4.98 Å². The monoisotopic (exact) mass is 263 g/mol. The van der Waals surface area contributed by atoms with Crippen molar-refractivity contribution in [3.05, 3.63) is 59.6 Å². The normalized spacial score (nSPS) is 8.00. The maximum absolute atomic E-state index is 8.16. The highest BCUT2D eigenvalue weighted by molar-refractivity contribution is 5.42. The summed E-state index contributed by atoms with van der Waals surface area (Å²) in [6, 6.07) is 16.2. The van der Waals surface area contributed by atoms with Crippen molar-refractivity contribution < 1.29 is 17.1 Å². The molecule has 0 atom stereocenters. The number of rotatable bonds is 1. The van der Waals surface area contributed by atoms with E-state index in [0.717, 1.165) is 11.4 Å². The number of nitrogen functional groups attached to an aromatic ring is 1. The van der Waals surface area contributed by atoms with E-state index in [2.05, 4.69) is 4.98 Å². The molecule has 0 radical (unpaired) electrons. The van der Waals surface area contributed by atoms with Crippen molar-refractivity contribution >= 4 is 11.4 Å². The Hall–Kier alpha value is -2.25. The lowest BCUT2D eigenvalue weighted by molar-refractivity contribution is -0.00000404. The minimum atomic E-state index is 0. The van der Waals surface area contributed by atoms with Gasteiger partial charge in [0.1, 0.15) is 5.75 Å². The highest BCUT2D eigenvalue weighted by atomic mass is 35.5. The number of ether oxygens (including phenoxy) is 1. The van der Waals surface area contributed by atoms with E-state index in [1.54, 1.807) is 31.4 Å². The van der Waals surface area contributed by atoms with Gasteiger partial charge in [-0.2, -0.15) is 0 Å². The molecular formula is C13H14ClN3O. The number of methoxy groups -OCH3 is 1. The van der Waals surface area contributed by atoms with Gasteiger partial charge >= 0.3 is 5.69 Å². The van der Waals surface area contributed by atoms with Gasteiger partial charge in [0.25, 0.3) is 0 Å². The van der Waals surface area contributed by atoms with E-state index in [0.29, 0.717) is 5.69 Å². The molecule has 0 saturated carbocycles. The molecule has 0 spiro atoms. The fourth-order valence-corrected chi connectivity index (χ4v) is 1.10. The van der Waals surface area contributed by atoms with Crippen LogP contribution in [0.5, 0.6) is 5.75 Å². The van der Waals surface area contributed by atoms with Crippen LogP contribution >= 0.6 is 0 Å². The van der Waals surface area contributed by atoms with Crippen LogP contribution in [0.15, 0.2) is 54.6 Å². The molecule has 0 amide bonds. The lowest BCUT2D eigenvalue weighted by Crippen LogP contribution is -3.00. The lowest BCUT2D eigenvalue weighted by Gasteiger charge is -1.97. The largest absolute Gasteiger partial charge is 1.00 e. The average Bonchev–Trinajstić information content (AvgIpc) is 2.41. The fraction of sp³-hybridized carbons (Fsp3) is 0.0769. The predicted octanol–water partition coefficient (Wildman–Crippen LogP) is 0.453. The van der Waals surface area contributed by atoms with Crippen LogP contribution in [0.1, 0.15) is 0 Å². The minimum Gasteiger partial charge on any atom is -1.00 e. The van der Waals surface area contributed by atoms with Gasteiger partial charge in [-0.15, -0.1) is 0 Å². The fourth-order valence-electron chi connectivity index (χ4n) is 1.10. The molecule has 5 heteroatoms.